The van der Waals surface area contributed by atoms with Gasteiger partial charge in [0.15, 0.2) is 0 Å². The number of rotatable bonds is 4. The monoisotopic (exact) mass is 256 g/mol. The van der Waals surface area contributed by atoms with Crippen molar-refractivity contribution < 1.29 is 77.9 Å². The SMILES string of the molecule is CS(=O)(=O)CC(O)CS(=O)(=O)[O-].[K+]. The van der Waals surface area contributed by atoms with E-state index in [0.717, 1.165) is 6.26 Å². The van der Waals surface area contributed by atoms with Gasteiger partial charge in [-0.3, -0.25) is 0 Å². The molecule has 0 aliphatic heterocycles. The summed E-state index contributed by atoms with van der Waals surface area (Å²) in [6.45, 7) is 0. The first-order chi connectivity index (χ1) is 5.10. The van der Waals surface area contributed by atoms with Crippen molar-refractivity contribution in [2.45, 2.75) is 6.10 Å². The molecule has 0 aromatic rings. The van der Waals surface area contributed by atoms with E-state index in [1.165, 1.54) is 0 Å². The van der Waals surface area contributed by atoms with E-state index in [1.807, 2.05) is 0 Å². The van der Waals surface area contributed by atoms with Crippen molar-refractivity contribution in [1.29, 1.82) is 0 Å². The summed E-state index contributed by atoms with van der Waals surface area (Å²) >= 11 is 0. The van der Waals surface area contributed by atoms with Crippen LogP contribution in [0.1, 0.15) is 0 Å². The van der Waals surface area contributed by atoms with E-state index in [9.17, 15) is 21.4 Å². The van der Waals surface area contributed by atoms with Gasteiger partial charge < -0.3 is 9.66 Å². The molecule has 0 saturated carbocycles. The normalized spacial score (nSPS) is 14.7. The quantitative estimate of drug-likeness (QED) is 0.398. The molecular formula is C4H9KO6S2. The minimum Gasteiger partial charge on any atom is -0.748 e. The molecule has 0 bridgehead atoms. The van der Waals surface area contributed by atoms with Crippen molar-refractivity contribution in [3.63, 3.8) is 0 Å². The van der Waals surface area contributed by atoms with Gasteiger partial charge in [0.1, 0.15) is 9.84 Å². The number of hydrogen-bond donors (Lipinski definition) is 1. The Kier molecular flexibility index (Phi) is 7.95. The maximum atomic E-state index is 10.5. The molecule has 0 heterocycles. The van der Waals surface area contributed by atoms with Crippen LogP contribution in [0, 0.1) is 0 Å². The van der Waals surface area contributed by atoms with E-state index in [0.29, 0.717) is 0 Å². The van der Waals surface area contributed by atoms with Gasteiger partial charge in [-0.05, 0) is 0 Å². The van der Waals surface area contributed by atoms with Crippen molar-refractivity contribution in [1.82, 2.24) is 0 Å². The fraction of sp³-hybridized carbons (Fsp3) is 1.00. The summed E-state index contributed by atoms with van der Waals surface area (Å²) in [5, 5.41) is 8.76. The molecule has 1 atom stereocenters. The molecule has 1 N–H and O–H groups in total. The van der Waals surface area contributed by atoms with Gasteiger partial charge in [0, 0.05) is 6.26 Å². The molecule has 1 unspecified atom stereocenters. The van der Waals surface area contributed by atoms with Crippen LogP contribution < -0.4 is 51.4 Å². The zero-order chi connectivity index (χ0) is 9.99. The first-order valence-corrected chi connectivity index (χ1v) is 6.53. The Bertz CT molecular complexity index is 296. The van der Waals surface area contributed by atoms with Crippen LogP contribution in [0.5, 0.6) is 0 Å². The van der Waals surface area contributed by atoms with E-state index >= 15 is 0 Å². The average Bonchev–Trinajstić information content (AvgIpc) is 1.49. The average molecular weight is 256 g/mol. The Balaban J connectivity index is 0. The summed E-state index contributed by atoms with van der Waals surface area (Å²) in [6.07, 6.45) is -0.796. The van der Waals surface area contributed by atoms with Crippen LogP contribution >= 0.6 is 0 Å². The van der Waals surface area contributed by atoms with Crippen molar-refractivity contribution in [2.24, 2.45) is 0 Å². The van der Waals surface area contributed by atoms with E-state index in [-0.39, 0.29) is 51.4 Å². The van der Waals surface area contributed by atoms with Crippen LogP contribution in [0.2, 0.25) is 0 Å². The number of sulfone groups is 1. The van der Waals surface area contributed by atoms with E-state index in [2.05, 4.69) is 0 Å². The third-order valence-corrected chi connectivity index (χ3v) is 2.67. The predicted octanol–water partition coefficient (Wildman–Crippen LogP) is -5.06. The van der Waals surface area contributed by atoms with Crippen LogP contribution in [-0.2, 0) is 20.0 Å². The topological polar surface area (TPSA) is 112 Å². The molecule has 0 spiro atoms. The third kappa shape index (κ3) is 13.5. The van der Waals surface area contributed by atoms with Crippen molar-refractivity contribution in [3.05, 3.63) is 0 Å². The fourth-order valence-corrected chi connectivity index (χ4v) is 2.19. The van der Waals surface area contributed by atoms with Crippen LogP contribution in [-0.4, -0.2) is 50.4 Å². The largest absolute Gasteiger partial charge is 1.00 e. The smallest absolute Gasteiger partial charge is 0.748 e. The number of aliphatic hydroxyl groups excluding tert-OH is 1. The molecular weight excluding hydrogens is 247 g/mol. The molecule has 0 fully saturated rings. The standard InChI is InChI=1S/C4H10O6S2.K/c1-11(6,7)2-4(5)3-12(8,9)10;/h4-5H,2-3H2,1H3,(H,8,9,10);/q;+1/p-1. The van der Waals surface area contributed by atoms with Crippen LogP contribution in [0.3, 0.4) is 0 Å². The molecule has 0 aliphatic rings. The van der Waals surface area contributed by atoms with Crippen molar-refractivity contribution in [2.75, 3.05) is 17.8 Å². The molecule has 0 rings (SSSR count). The molecule has 0 saturated heterocycles. The van der Waals surface area contributed by atoms with Crippen LogP contribution in [0.15, 0.2) is 0 Å². The minimum atomic E-state index is -4.56. The second-order valence-corrected chi connectivity index (χ2v) is 6.10. The van der Waals surface area contributed by atoms with Gasteiger partial charge in [-0.1, -0.05) is 0 Å². The summed E-state index contributed by atoms with van der Waals surface area (Å²) in [5.41, 5.74) is 0. The van der Waals surface area contributed by atoms with Crippen molar-refractivity contribution >= 4 is 20.0 Å². The van der Waals surface area contributed by atoms with Crippen LogP contribution in [0.4, 0.5) is 0 Å². The zero-order valence-corrected chi connectivity index (χ0v) is 12.1. The molecule has 0 aromatic heterocycles. The Hall–Kier alpha value is 1.46. The molecule has 0 aliphatic carbocycles. The van der Waals surface area contributed by atoms with E-state index in [1.54, 1.807) is 0 Å². The van der Waals surface area contributed by atoms with Crippen LogP contribution in [0.25, 0.3) is 0 Å². The zero-order valence-electron chi connectivity index (χ0n) is 7.30. The van der Waals surface area contributed by atoms with Crippen molar-refractivity contribution in [3.8, 4) is 0 Å². The van der Waals surface area contributed by atoms with Gasteiger partial charge in [-0.15, -0.1) is 0 Å². The summed E-state index contributed by atoms with van der Waals surface area (Å²) in [6, 6.07) is 0. The van der Waals surface area contributed by atoms with Gasteiger partial charge >= 0.3 is 51.4 Å². The van der Waals surface area contributed by atoms with E-state index in [4.69, 9.17) is 5.11 Å². The Morgan fingerprint density at radius 3 is 1.85 bits per heavy atom. The first kappa shape index (κ1) is 16.9. The molecule has 6 nitrogen and oxygen atoms in total. The summed E-state index contributed by atoms with van der Waals surface area (Å²) < 4.78 is 51.0. The maximum Gasteiger partial charge on any atom is 1.00 e. The second kappa shape index (κ2) is 6.13. The number of aliphatic hydroxyl groups is 1. The summed E-state index contributed by atoms with van der Waals surface area (Å²) in [7, 11) is -8.01. The molecule has 13 heavy (non-hydrogen) atoms. The van der Waals surface area contributed by atoms with Gasteiger partial charge in [-0.2, -0.15) is 0 Å². The maximum absolute atomic E-state index is 10.5. The Labute approximate surface area is 120 Å². The van der Waals surface area contributed by atoms with Gasteiger partial charge in [0.2, 0.25) is 0 Å². The predicted molar refractivity (Wildman–Crippen MR) is 40.3 cm³/mol. The Morgan fingerprint density at radius 2 is 1.62 bits per heavy atom. The molecule has 74 valence electrons. The second-order valence-electron chi connectivity index (χ2n) is 2.47. The van der Waals surface area contributed by atoms with Gasteiger partial charge in [0.25, 0.3) is 0 Å². The number of hydrogen-bond acceptors (Lipinski definition) is 6. The summed E-state index contributed by atoms with van der Waals surface area (Å²) in [4.78, 5) is 0. The molecule has 0 aromatic carbocycles. The third-order valence-electron chi connectivity index (χ3n) is 0.892. The molecule has 0 amide bonds. The van der Waals surface area contributed by atoms with Gasteiger partial charge in [0.05, 0.1) is 27.7 Å². The van der Waals surface area contributed by atoms with Gasteiger partial charge in [-0.25, -0.2) is 16.8 Å². The first-order valence-electron chi connectivity index (χ1n) is 2.89. The molecule has 0 radical (unpaired) electrons. The summed E-state index contributed by atoms with van der Waals surface area (Å²) in [5.74, 6) is -1.78. The van der Waals surface area contributed by atoms with E-state index < -0.39 is 37.6 Å². The molecule has 9 heteroatoms. The Morgan fingerprint density at radius 1 is 1.23 bits per heavy atom. The fourth-order valence-electron chi connectivity index (χ4n) is 0.633. The minimum absolute atomic E-state index is 0.